The van der Waals surface area contributed by atoms with Gasteiger partial charge in [-0.2, -0.15) is 0 Å². The van der Waals surface area contributed by atoms with Gasteiger partial charge in [-0.1, -0.05) is 18.2 Å². The summed E-state index contributed by atoms with van der Waals surface area (Å²) in [5.74, 6) is -0.145. The molecule has 0 atom stereocenters. The Morgan fingerprint density at radius 3 is 2.46 bits per heavy atom. The number of hydrogen-bond acceptors (Lipinski definition) is 3. The molecule has 0 heterocycles. The average molecular weight is 330 g/mol. The molecule has 24 heavy (non-hydrogen) atoms. The van der Waals surface area contributed by atoms with Gasteiger partial charge in [0.25, 0.3) is 5.91 Å². The van der Waals surface area contributed by atoms with Gasteiger partial charge in [0.15, 0.2) is 0 Å². The minimum atomic E-state index is -0.334. The predicted molar refractivity (Wildman–Crippen MR) is 88.4 cm³/mol. The first-order valence-corrected chi connectivity index (χ1v) is 7.52. The van der Waals surface area contributed by atoms with E-state index in [9.17, 15) is 14.0 Å². The van der Waals surface area contributed by atoms with Crippen LogP contribution in [0.1, 0.15) is 15.9 Å². The molecular weight excluding hydrogens is 311 g/mol. The van der Waals surface area contributed by atoms with E-state index in [4.69, 9.17) is 4.74 Å². The lowest BCUT2D eigenvalue weighted by Gasteiger charge is -2.08. The van der Waals surface area contributed by atoms with Gasteiger partial charge in [0, 0.05) is 18.7 Å². The highest BCUT2D eigenvalue weighted by molar-refractivity contribution is 5.94. The van der Waals surface area contributed by atoms with Crippen molar-refractivity contribution >= 4 is 11.8 Å². The molecule has 0 aromatic heterocycles. The summed E-state index contributed by atoms with van der Waals surface area (Å²) in [6.07, 6.45) is 0.171. The number of methoxy groups -OCH3 is 1. The predicted octanol–water partition coefficient (Wildman–Crippen LogP) is 1.92. The van der Waals surface area contributed by atoms with Crippen LogP contribution in [0.25, 0.3) is 0 Å². The van der Waals surface area contributed by atoms with Crippen LogP contribution in [0.3, 0.4) is 0 Å². The molecule has 2 aromatic rings. The number of ether oxygens (including phenoxy) is 1. The van der Waals surface area contributed by atoms with E-state index in [0.717, 1.165) is 5.56 Å². The molecule has 126 valence electrons. The van der Waals surface area contributed by atoms with Gasteiger partial charge in [-0.05, 0) is 35.9 Å². The summed E-state index contributed by atoms with van der Waals surface area (Å²) in [4.78, 5) is 23.7. The lowest BCUT2D eigenvalue weighted by molar-refractivity contribution is -0.120. The maximum Gasteiger partial charge on any atom is 0.251 e. The molecule has 0 saturated carbocycles. The Labute approximate surface area is 139 Å². The highest BCUT2D eigenvalue weighted by Gasteiger charge is 2.07. The van der Waals surface area contributed by atoms with E-state index in [-0.39, 0.29) is 24.1 Å². The van der Waals surface area contributed by atoms with Crippen molar-refractivity contribution in [3.63, 3.8) is 0 Å². The maximum absolute atomic E-state index is 12.8. The van der Waals surface area contributed by atoms with Gasteiger partial charge in [0.1, 0.15) is 11.6 Å². The molecule has 0 aliphatic carbocycles. The lowest BCUT2D eigenvalue weighted by atomic mass is 10.1. The maximum atomic E-state index is 12.8. The molecule has 0 fully saturated rings. The highest BCUT2D eigenvalue weighted by atomic mass is 19.1. The van der Waals surface area contributed by atoms with Crippen LogP contribution < -0.4 is 15.4 Å². The van der Waals surface area contributed by atoms with Crippen LogP contribution >= 0.6 is 0 Å². The Hall–Kier alpha value is -2.89. The average Bonchev–Trinajstić information content (AvgIpc) is 2.60. The van der Waals surface area contributed by atoms with E-state index in [1.807, 2.05) is 0 Å². The van der Waals surface area contributed by atoms with Crippen LogP contribution in [0, 0.1) is 5.82 Å². The molecule has 2 aromatic carbocycles. The first kappa shape index (κ1) is 17.5. The second-order valence-corrected chi connectivity index (χ2v) is 5.14. The van der Waals surface area contributed by atoms with Crippen molar-refractivity contribution in [2.24, 2.45) is 0 Å². The Kier molecular flexibility index (Phi) is 6.31. The van der Waals surface area contributed by atoms with Crippen LogP contribution in [0.2, 0.25) is 0 Å². The van der Waals surface area contributed by atoms with Gasteiger partial charge in [-0.15, -0.1) is 0 Å². The largest absolute Gasteiger partial charge is 0.497 e. The van der Waals surface area contributed by atoms with Gasteiger partial charge >= 0.3 is 0 Å². The zero-order valence-corrected chi connectivity index (χ0v) is 13.3. The molecule has 2 amide bonds. The van der Waals surface area contributed by atoms with Gasteiger partial charge in [0.2, 0.25) is 5.91 Å². The summed E-state index contributed by atoms with van der Waals surface area (Å²) in [5, 5.41) is 5.42. The van der Waals surface area contributed by atoms with Crippen molar-refractivity contribution in [1.82, 2.24) is 10.6 Å². The van der Waals surface area contributed by atoms with Crippen molar-refractivity contribution in [2.75, 3.05) is 20.2 Å². The monoisotopic (exact) mass is 330 g/mol. The molecule has 0 aliphatic heterocycles. The fourth-order valence-electron chi connectivity index (χ4n) is 2.09. The number of carbonyl (C=O) groups excluding carboxylic acids is 2. The van der Waals surface area contributed by atoms with Crippen LogP contribution in [0.4, 0.5) is 4.39 Å². The zero-order valence-electron chi connectivity index (χ0n) is 13.3. The van der Waals surface area contributed by atoms with Crippen LogP contribution in [-0.2, 0) is 11.2 Å². The van der Waals surface area contributed by atoms with Crippen molar-refractivity contribution in [2.45, 2.75) is 6.42 Å². The van der Waals surface area contributed by atoms with Crippen molar-refractivity contribution in [3.8, 4) is 5.75 Å². The molecule has 0 spiro atoms. The Balaban J connectivity index is 1.71. The summed E-state index contributed by atoms with van der Waals surface area (Å²) in [6, 6.07) is 12.6. The van der Waals surface area contributed by atoms with Crippen LogP contribution in [0.15, 0.2) is 48.5 Å². The van der Waals surface area contributed by atoms with Crippen LogP contribution in [0.5, 0.6) is 5.75 Å². The third-order valence-electron chi connectivity index (χ3n) is 3.34. The second-order valence-electron chi connectivity index (χ2n) is 5.14. The Morgan fingerprint density at radius 2 is 1.75 bits per heavy atom. The van der Waals surface area contributed by atoms with E-state index in [1.54, 1.807) is 36.4 Å². The SMILES string of the molecule is COc1cccc(C(=O)NCCNC(=O)Cc2ccc(F)cc2)c1. The number of benzene rings is 2. The molecule has 0 radical (unpaired) electrons. The van der Waals surface area contributed by atoms with E-state index in [1.165, 1.54) is 19.2 Å². The minimum Gasteiger partial charge on any atom is -0.497 e. The molecular formula is C18H19FN2O3. The van der Waals surface area contributed by atoms with E-state index in [0.29, 0.717) is 24.4 Å². The molecule has 5 nitrogen and oxygen atoms in total. The molecule has 0 unspecified atom stereocenters. The topological polar surface area (TPSA) is 67.4 Å². The van der Waals surface area contributed by atoms with E-state index in [2.05, 4.69) is 10.6 Å². The quantitative estimate of drug-likeness (QED) is 0.762. The summed E-state index contributed by atoms with van der Waals surface area (Å²) < 4.78 is 17.9. The van der Waals surface area contributed by atoms with Gasteiger partial charge in [-0.3, -0.25) is 9.59 Å². The zero-order chi connectivity index (χ0) is 17.4. The first-order valence-electron chi connectivity index (χ1n) is 7.52. The highest BCUT2D eigenvalue weighted by Crippen LogP contribution is 2.12. The molecule has 2 rings (SSSR count). The number of carbonyl (C=O) groups is 2. The van der Waals surface area contributed by atoms with Crippen molar-refractivity contribution in [3.05, 3.63) is 65.5 Å². The fraction of sp³-hybridized carbons (Fsp3) is 0.222. The number of amides is 2. The number of nitrogens with one attached hydrogen (secondary N) is 2. The van der Waals surface area contributed by atoms with Gasteiger partial charge in [-0.25, -0.2) is 4.39 Å². The lowest BCUT2D eigenvalue weighted by Crippen LogP contribution is -2.35. The van der Waals surface area contributed by atoms with E-state index < -0.39 is 0 Å². The van der Waals surface area contributed by atoms with Gasteiger partial charge < -0.3 is 15.4 Å². The standard InChI is InChI=1S/C18H19FN2O3/c1-24-16-4-2-3-14(12-16)18(23)21-10-9-20-17(22)11-13-5-7-15(19)8-6-13/h2-8,12H,9-11H2,1H3,(H,20,22)(H,21,23). The fourth-order valence-corrected chi connectivity index (χ4v) is 2.09. The van der Waals surface area contributed by atoms with E-state index >= 15 is 0 Å². The summed E-state index contributed by atoms with van der Waals surface area (Å²) >= 11 is 0. The van der Waals surface area contributed by atoms with Crippen molar-refractivity contribution < 1.29 is 18.7 Å². The minimum absolute atomic E-state index is 0.171. The molecule has 6 heteroatoms. The summed E-state index contributed by atoms with van der Waals surface area (Å²) in [7, 11) is 1.54. The third kappa shape index (κ3) is 5.39. The second kappa shape index (κ2) is 8.67. The molecule has 0 bridgehead atoms. The third-order valence-corrected chi connectivity index (χ3v) is 3.34. The van der Waals surface area contributed by atoms with Crippen molar-refractivity contribution in [1.29, 1.82) is 0 Å². The summed E-state index contributed by atoms with van der Waals surface area (Å²) in [5.41, 5.74) is 1.22. The Bertz CT molecular complexity index is 702. The van der Waals surface area contributed by atoms with Gasteiger partial charge in [0.05, 0.1) is 13.5 Å². The molecule has 0 aliphatic rings. The number of hydrogen-bond donors (Lipinski definition) is 2. The smallest absolute Gasteiger partial charge is 0.251 e. The van der Waals surface area contributed by atoms with Crippen LogP contribution in [-0.4, -0.2) is 32.0 Å². The first-order chi connectivity index (χ1) is 11.6. The molecule has 0 saturated heterocycles. The normalized spacial score (nSPS) is 10.1. The number of halogens is 1. The molecule has 2 N–H and O–H groups in total. The number of rotatable bonds is 7. The summed E-state index contributed by atoms with van der Waals surface area (Å²) in [6.45, 7) is 0.626. The Morgan fingerprint density at radius 1 is 1.04 bits per heavy atom.